The minimum Gasteiger partial charge on any atom is -0.481 e. The molecule has 0 aliphatic heterocycles. The van der Waals surface area contributed by atoms with E-state index in [4.69, 9.17) is 5.11 Å². The predicted octanol–water partition coefficient (Wildman–Crippen LogP) is 5.55. The van der Waals surface area contributed by atoms with E-state index < -0.39 is 5.97 Å². The molecule has 2 aromatic carbocycles. The topological polar surface area (TPSA) is 40.5 Å². The van der Waals surface area contributed by atoms with Gasteiger partial charge in [-0.05, 0) is 36.9 Å². The van der Waals surface area contributed by atoms with Gasteiger partial charge in [0.2, 0.25) is 0 Å². The summed E-state index contributed by atoms with van der Waals surface area (Å²) in [6.07, 6.45) is 8.03. The zero-order chi connectivity index (χ0) is 19.2. The summed E-state index contributed by atoms with van der Waals surface area (Å²) in [7, 11) is 0. The van der Waals surface area contributed by atoms with Gasteiger partial charge in [-0.25, -0.2) is 0 Å². The van der Waals surface area contributed by atoms with Crippen LogP contribution in [0.2, 0.25) is 0 Å². The van der Waals surface area contributed by atoms with Gasteiger partial charge >= 0.3 is 5.97 Å². The molecule has 0 aliphatic rings. The number of nitrogens with zero attached hydrogens (tertiary/aromatic N) is 1. The summed E-state index contributed by atoms with van der Waals surface area (Å²) in [5.41, 5.74) is 2.77. The Morgan fingerprint density at radius 2 is 1.26 bits per heavy atom. The van der Waals surface area contributed by atoms with Crippen molar-refractivity contribution >= 4 is 5.97 Å². The fourth-order valence-corrected chi connectivity index (χ4v) is 3.36. The van der Waals surface area contributed by atoms with Crippen LogP contribution in [0.15, 0.2) is 60.7 Å². The van der Waals surface area contributed by atoms with Gasteiger partial charge in [-0.3, -0.25) is 9.69 Å². The lowest BCUT2D eigenvalue weighted by Gasteiger charge is -2.22. The molecule has 0 fully saturated rings. The average Bonchev–Trinajstić information content (AvgIpc) is 2.69. The predicted molar refractivity (Wildman–Crippen MR) is 112 cm³/mol. The van der Waals surface area contributed by atoms with Crippen LogP contribution in [0.4, 0.5) is 0 Å². The molecule has 0 aliphatic carbocycles. The fourth-order valence-electron chi connectivity index (χ4n) is 3.36. The highest BCUT2D eigenvalue weighted by atomic mass is 16.4. The van der Waals surface area contributed by atoms with Crippen LogP contribution in [0, 0.1) is 0 Å². The molecule has 3 heteroatoms. The van der Waals surface area contributed by atoms with Crippen LogP contribution in [0.3, 0.4) is 0 Å². The molecule has 1 N–H and O–H groups in total. The van der Waals surface area contributed by atoms with Gasteiger partial charge in [0, 0.05) is 19.5 Å². The zero-order valence-electron chi connectivity index (χ0n) is 16.4. The summed E-state index contributed by atoms with van der Waals surface area (Å²) in [5, 5.41) is 8.66. The Bertz CT molecular complexity index is 627. The molecule has 2 rings (SSSR count). The maximum absolute atomic E-state index is 10.5. The van der Waals surface area contributed by atoms with Crippen molar-refractivity contribution in [2.24, 2.45) is 0 Å². The van der Waals surface area contributed by atoms with Crippen LogP contribution in [-0.4, -0.2) is 29.1 Å². The molecule has 0 bridgehead atoms. The lowest BCUT2D eigenvalue weighted by atomic mass is 10.1. The summed E-state index contributed by atoms with van der Waals surface area (Å²) in [6.45, 7) is 3.21. The third kappa shape index (κ3) is 9.95. The summed E-state index contributed by atoms with van der Waals surface area (Å²) in [4.78, 5) is 13.1. The number of unbranched alkanes of at least 4 members (excludes halogenated alkanes) is 5. The second-order valence-corrected chi connectivity index (χ2v) is 7.26. The van der Waals surface area contributed by atoms with Crippen LogP contribution in [0.1, 0.15) is 56.1 Å². The van der Waals surface area contributed by atoms with Gasteiger partial charge in [0.05, 0.1) is 0 Å². The fraction of sp³-hybridized carbons (Fsp3) is 0.458. The molecule has 2 aromatic rings. The molecule has 0 aromatic heterocycles. The minimum atomic E-state index is -0.676. The Morgan fingerprint density at radius 1 is 0.704 bits per heavy atom. The van der Waals surface area contributed by atoms with Crippen molar-refractivity contribution in [3.05, 3.63) is 71.8 Å². The number of hydrogen-bond donors (Lipinski definition) is 1. The molecular formula is C24H33NO2. The smallest absolute Gasteiger partial charge is 0.303 e. The van der Waals surface area contributed by atoms with Crippen LogP contribution in [-0.2, 0) is 17.8 Å². The van der Waals surface area contributed by atoms with E-state index in [1.54, 1.807) is 0 Å². The summed E-state index contributed by atoms with van der Waals surface area (Å²) in [6, 6.07) is 21.4. The number of hydrogen-bond acceptors (Lipinski definition) is 2. The van der Waals surface area contributed by atoms with Gasteiger partial charge in [0.1, 0.15) is 0 Å². The molecule has 0 atom stereocenters. The van der Waals surface area contributed by atoms with E-state index in [1.165, 1.54) is 30.4 Å². The van der Waals surface area contributed by atoms with Crippen LogP contribution in [0.5, 0.6) is 0 Å². The molecule has 0 radical (unpaired) electrons. The molecule has 27 heavy (non-hydrogen) atoms. The number of carboxylic acids is 1. The van der Waals surface area contributed by atoms with Gasteiger partial charge in [-0.1, -0.05) is 86.3 Å². The third-order valence-electron chi connectivity index (χ3n) is 4.92. The summed E-state index contributed by atoms with van der Waals surface area (Å²) in [5.74, 6) is -0.676. The van der Waals surface area contributed by atoms with Crippen molar-refractivity contribution < 1.29 is 9.90 Å². The van der Waals surface area contributed by atoms with E-state index >= 15 is 0 Å². The van der Waals surface area contributed by atoms with Crippen molar-refractivity contribution in [1.82, 2.24) is 4.90 Å². The van der Waals surface area contributed by atoms with Crippen LogP contribution < -0.4 is 0 Å². The van der Waals surface area contributed by atoms with Crippen molar-refractivity contribution in [2.75, 3.05) is 13.1 Å². The highest BCUT2D eigenvalue weighted by Crippen LogP contribution is 2.11. The van der Waals surface area contributed by atoms with Crippen LogP contribution >= 0.6 is 0 Å². The lowest BCUT2D eigenvalue weighted by Crippen LogP contribution is -2.27. The summed E-state index contributed by atoms with van der Waals surface area (Å²) >= 11 is 0. The quantitative estimate of drug-likeness (QED) is 0.445. The standard InChI is InChI=1S/C24H33NO2/c26-24(27)17-11-3-1-2-4-12-19-25(21-23-15-9-6-10-16-23)20-18-22-13-7-5-8-14-22/h5-10,13-16H,1-4,11-12,17-21H2,(H,26,27). The van der Waals surface area contributed by atoms with E-state index in [0.29, 0.717) is 6.42 Å². The van der Waals surface area contributed by atoms with Crippen LogP contribution in [0.25, 0.3) is 0 Å². The van der Waals surface area contributed by atoms with Gasteiger partial charge in [-0.2, -0.15) is 0 Å². The largest absolute Gasteiger partial charge is 0.481 e. The molecule has 0 spiro atoms. The number of benzene rings is 2. The molecule has 0 saturated heterocycles. The first-order valence-electron chi connectivity index (χ1n) is 10.3. The van der Waals surface area contributed by atoms with Crippen molar-refractivity contribution in [1.29, 1.82) is 0 Å². The second-order valence-electron chi connectivity index (χ2n) is 7.26. The van der Waals surface area contributed by atoms with Crippen molar-refractivity contribution in [3.8, 4) is 0 Å². The minimum absolute atomic E-state index is 0.310. The molecule has 0 amide bonds. The third-order valence-corrected chi connectivity index (χ3v) is 4.92. The Balaban J connectivity index is 1.70. The lowest BCUT2D eigenvalue weighted by molar-refractivity contribution is -0.137. The van der Waals surface area contributed by atoms with Gasteiger partial charge < -0.3 is 5.11 Å². The van der Waals surface area contributed by atoms with Crippen molar-refractivity contribution in [2.45, 2.75) is 57.9 Å². The zero-order valence-corrected chi connectivity index (χ0v) is 16.4. The Hall–Kier alpha value is -2.13. The SMILES string of the molecule is O=C(O)CCCCCCCCN(CCc1ccccc1)Cc1ccccc1. The second kappa shape index (κ2) is 13.1. The van der Waals surface area contributed by atoms with E-state index in [1.807, 2.05) is 0 Å². The number of carboxylic acid groups (broad SMARTS) is 1. The Morgan fingerprint density at radius 3 is 1.89 bits per heavy atom. The molecular weight excluding hydrogens is 334 g/mol. The first-order chi connectivity index (χ1) is 13.2. The number of rotatable bonds is 14. The monoisotopic (exact) mass is 367 g/mol. The van der Waals surface area contributed by atoms with E-state index in [2.05, 4.69) is 65.6 Å². The Kier molecular flexibility index (Phi) is 10.3. The molecule has 146 valence electrons. The highest BCUT2D eigenvalue weighted by Gasteiger charge is 2.06. The number of aliphatic carboxylic acids is 1. The van der Waals surface area contributed by atoms with E-state index in [9.17, 15) is 4.79 Å². The maximum atomic E-state index is 10.5. The highest BCUT2D eigenvalue weighted by molar-refractivity contribution is 5.66. The molecule has 3 nitrogen and oxygen atoms in total. The molecule has 0 saturated carbocycles. The van der Waals surface area contributed by atoms with Gasteiger partial charge in [-0.15, -0.1) is 0 Å². The first kappa shape index (κ1) is 21.2. The normalized spacial score (nSPS) is 11.0. The van der Waals surface area contributed by atoms with E-state index in [0.717, 1.165) is 45.3 Å². The van der Waals surface area contributed by atoms with E-state index in [-0.39, 0.29) is 0 Å². The molecule has 0 unspecified atom stereocenters. The Labute approximate surface area is 164 Å². The summed E-state index contributed by atoms with van der Waals surface area (Å²) < 4.78 is 0. The van der Waals surface area contributed by atoms with Gasteiger partial charge in [0.15, 0.2) is 0 Å². The molecule has 0 heterocycles. The maximum Gasteiger partial charge on any atom is 0.303 e. The van der Waals surface area contributed by atoms with Gasteiger partial charge in [0.25, 0.3) is 0 Å². The van der Waals surface area contributed by atoms with Crippen molar-refractivity contribution in [3.63, 3.8) is 0 Å². The first-order valence-corrected chi connectivity index (χ1v) is 10.3. The average molecular weight is 368 g/mol. The number of carbonyl (C=O) groups is 1.